The smallest absolute Gasteiger partial charge is 0.413 e. The van der Waals surface area contributed by atoms with Gasteiger partial charge in [0, 0.05) is 0 Å². The number of para-hydroxylation sites is 2. The van der Waals surface area contributed by atoms with E-state index in [2.05, 4.69) is 10.6 Å². The van der Waals surface area contributed by atoms with Gasteiger partial charge in [-0.05, 0) is 42.7 Å². The zero-order chi connectivity index (χ0) is 21.6. The lowest BCUT2D eigenvalue weighted by Gasteiger charge is -2.17. The lowest BCUT2D eigenvalue weighted by atomic mass is 10.2. The summed E-state index contributed by atoms with van der Waals surface area (Å²) in [5.41, 5.74) is 0. The number of esters is 1. The molecule has 1 atom stereocenters. The Morgan fingerprint density at radius 3 is 2.03 bits per heavy atom. The summed E-state index contributed by atoms with van der Waals surface area (Å²) in [4.78, 5) is 36.1. The molecule has 0 aliphatic carbocycles. The Morgan fingerprint density at radius 1 is 0.900 bits per heavy atom. The Morgan fingerprint density at radius 2 is 1.47 bits per heavy atom. The van der Waals surface area contributed by atoms with Crippen molar-refractivity contribution < 1.29 is 28.6 Å². The maximum Gasteiger partial charge on any atom is 0.413 e. The molecule has 8 nitrogen and oxygen atoms in total. The minimum atomic E-state index is -0.857. The summed E-state index contributed by atoms with van der Waals surface area (Å²) in [6.07, 6.45) is 0.884. The monoisotopic (exact) mass is 432 g/mol. The van der Waals surface area contributed by atoms with E-state index in [9.17, 15) is 14.4 Å². The Balaban J connectivity index is 1.74. The number of carbonyl (C=O) groups is 3. The second-order valence-corrected chi connectivity index (χ2v) is 6.96. The second-order valence-electron chi connectivity index (χ2n) is 5.98. The van der Waals surface area contributed by atoms with Gasteiger partial charge in [0.25, 0.3) is 0 Å². The summed E-state index contributed by atoms with van der Waals surface area (Å²) in [5, 5.41) is 5.01. The number of hydrogen-bond acceptors (Lipinski definition) is 7. The first kappa shape index (κ1) is 23.1. The van der Waals surface area contributed by atoms with Gasteiger partial charge < -0.3 is 24.8 Å². The third kappa shape index (κ3) is 8.87. The van der Waals surface area contributed by atoms with Gasteiger partial charge >= 0.3 is 18.2 Å². The highest BCUT2D eigenvalue weighted by molar-refractivity contribution is 7.98. The standard InChI is InChI=1S/C21H24N2O6S/c1-30-15-12-18(23-21(26)29-17-10-6-3-7-11-17)19(24)27-14-13-22-20(25)28-16-8-4-2-5-9-16/h2-11,18H,12-15H2,1H3,(H,22,25)(H,23,26). The van der Waals surface area contributed by atoms with Gasteiger partial charge in [-0.25, -0.2) is 14.4 Å². The van der Waals surface area contributed by atoms with Crippen LogP contribution in [0.3, 0.4) is 0 Å². The Labute approximate surface area is 179 Å². The van der Waals surface area contributed by atoms with Crippen LogP contribution < -0.4 is 20.1 Å². The molecule has 0 bridgehead atoms. The van der Waals surface area contributed by atoms with Gasteiger partial charge in [-0.1, -0.05) is 36.4 Å². The van der Waals surface area contributed by atoms with Crippen LogP contribution in [0.25, 0.3) is 0 Å². The van der Waals surface area contributed by atoms with E-state index in [4.69, 9.17) is 14.2 Å². The summed E-state index contributed by atoms with van der Waals surface area (Å²) in [6.45, 7) is 0.00895. The number of ether oxygens (including phenoxy) is 3. The summed E-state index contributed by atoms with van der Waals surface area (Å²) < 4.78 is 15.4. The molecule has 9 heteroatoms. The molecule has 0 radical (unpaired) electrons. The van der Waals surface area contributed by atoms with Crippen molar-refractivity contribution in [2.24, 2.45) is 0 Å². The lowest BCUT2D eigenvalue weighted by molar-refractivity contribution is -0.145. The first-order chi connectivity index (χ1) is 14.6. The zero-order valence-electron chi connectivity index (χ0n) is 16.5. The van der Waals surface area contributed by atoms with Crippen molar-refractivity contribution in [1.82, 2.24) is 10.6 Å². The average Bonchev–Trinajstić information content (AvgIpc) is 2.75. The van der Waals surface area contributed by atoms with E-state index in [0.717, 1.165) is 0 Å². The Bertz CT molecular complexity index is 804. The summed E-state index contributed by atoms with van der Waals surface area (Å²) in [7, 11) is 0. The SMILES string of the molecule is CSCCC(NC(=O)Oc1ccccc1)C(=O)OCCNC(=O)Oc1ccccc1. The fourth-order valence-corrected chi connectivity index (χ4v) is 2.76. The second kappa shape index (κ2) is 13.1. The highest BCUT2D eigenvalue weighted by Crippen LogP contribution is 2.10. The summed E-state index contributed by atoms with van der Waals surface area (Å²) >= 11 is 1.54. The normalized spacial score (nSPS) is 11.1. The van der Waals surface area contributed by atoms with Gasteiger partial charge in [-0.3, -0.25) is 0 Å². The van der Waals surface area contributed by atoms with Crippen molar-refractivity contribution in [2.75, 3.05) is 25.2 Å². The first-order valence-electron chi connectivity index (χ1n) is 9.28. The molecule has 0 aliphatic rings. The fourth-order valence-electron chi connectivity index (χ4n) is 2.29. The largest absolute Gasteiger partial charge is 0.462 e. The maximum atomic E-state index is 12.3. The minimum absolute atomic E-state index is 0.0616. The molecule has 30 heavy (non-hydrogen) atoms. The molecule has 2 N–H and O–H groups in total. The number of rotatable bonds is 10. The van der Waals surface area contributed by atoms with E-state index in [1.54, 1.807) is 60.7 Å². The van der Waals surface area contributed by atoms with Gasteiger partial charge in [-0.2, -0.15) is 11.8 Å². The van der Waals surface area contributed by atoms with E-state index in [1.165, 1.54) is 11.8 Å². The molecule has 2 aromatic carbocycles. The molecule has 0 aliphatic heterocycles. The van der Waals surface area contributed by atoms with E-state index in [1.807, 2.05) is 6.26 Å². The van der Waals surface area contributed by atoms with Gasteiger partial charge in [0.1, 0.15) is 24.1 Å². The third-order valence-electron chi connectivity index (χ3n) is 3.71. The van der Waals surface area contributed by atoms with Gasteiger partial charge in [0.05, 0.1) is 6.54 Å². The van der Waals surface area contributed by atoms with Crippen LogP contribution in [0, 0.1) is 0 Å². The van der Waals surface area contributed by atoms with Gasteiger partial charge in [0.15, 0.2) is 0 Å². The topological polar surface area (TPSA) is 103 Å². The van der Waals surface area contributed by atoms with Crippen LogP contribution in [0.2, 0.25) is 0 Å². The predicted octanol–water partition coefficient (Wildman–Crippen LogP) is 3.23. The Hall–Kier alpha value is -3.20. The van der Waals surface area contributed by atoms with Crippen LogP contribution in [0.4, 0.5) is 9.59 Å². The van der Waals surface area contributed by atoms with E-state index >= 15 is 0 Å². The summed E-state index contributed by atoms with van der Waals surface area (Å²) in [6, 6.07) is 16.3. The molecule has 0 heterocycles. The van der Waals surface area contributed by atoms with E-state index in [0.29, 0.717) is 23.7 Å². The molecule has 2 amide bonds. The zero-order valence-corrected chi connectivity index (χ0v) is 17.4. The molecule has 0 saturated heterocycles. The summed E-state index contributed by atoms with van der Waals surface area (Å²) in [5.74, 6) is 0.818. The third-order valence-corrected chi connectivity index (χ3v) is 4.35. The van der Waals surface area contributed by atoms with Crippen molar-refractivity contribution in [1.29, 1.82) is 0 Å². The molecule has 2 rings (SSSR count). The molecular formula is C21H24N2O6S. The van der Waals surface area contributed by atoms with E-state index < -0.39 is 24.2 Å². The van der Waals surface area contributed by atoms with Crippen molar-refractivity contribution in [3.8, 4) is 11.5 Å². The van der Waals surface area contributed by atoms with Crippen LogP contribution in [-0.4, -0.2) is 49.4 Å². The lowest BCUT2D eigenvalue weighted by Crippen LogP contribution is -2.44. The van der Waals surface area contributed by atoms with Crippen LogP contribution in [-0.2, 0) is 9.53 Å². The predicted molar refractivity (Wildman–Crippen MR) is 114 cm³/mol. The number of carbonyl (C=O) groups excluding carboxylic acids is 3. The van der Waals surface area contributed by atoms with Crippen molar-refractivity contribution in [3.63, 3.8) is 0 Å². The van der Waals surface area contributed by atoms with Crippen LogP contribution in [0.1, 0.15) is 6.42 Å². The Kier molecular flexibility index (Phi) is 10.1. The molecule has 0 fully saturated rings. The number of nitrogens with one attached hydrogen (secondary N) is 2. The number of thioether (sulfide) groups is 1. The quantitative estimate of drug-likeness (QED) is 0.439. The number of amides is 2. The molecule has 160 valence electrons. The molecule has 0 aromatic heterocycles. The molecule has 1 unspecified atom stereocenters. The van der Waals surface area contributed by atoms with Crippen LogP contribution in [0.5, 0.6) is 11.5 Å². The minimum Gasteiger partial charge on any atom is -0.462 e. The molecule has 0 spiro atoms. The highest BCUT2D eigenvalue weighted by Gasteiger charge is 2.23. The number of benzene rings is 2. The number of hydrogen-bond donors (Lipinski definition) is 2. The van der Waals surface area contributed by atoms with Crippen LogP contribution in [0.15, 0.2) is 60.7 Å². The maximum absolute atomic E-state index is 12.3. The van der Waals surface area contributed by atoms with Gasteiger partial charge in [-0.15, -0.1) is 0 Å². The van der Waals surface area contributed by atoms with E-state index in [-0.39, 0.29) is 13.2 Å². The van der Waals surface area contributed by atoms with Gasteiger partial charge in [0.2, 0.25) is 0 Å². The molecule has 2 aromatic rings. The van der Waals surface area contributed by atoms with Crippen molar-refractivity contribution in [3.05, 3.63) is 60.7 Å². The fraction of sp³-hybridized carbons (Fsp3) is 0.286. The highest BCUT2D eigenvalue weighted by atomic mass is 32.2. The molecular weight excluding hydrogens is 408 g/mol. The first-order valence-corrected chi connectivity index (χ1v) is 10.7. The van der Waals surface area contributed by atoms with Crippen molar-refractivity contribution >= 4 is 29.9 Å². The van der Waals surface area contributed by atoms with Crippen molar-refractivity contribution in [2.45, 2.75) is 12.5 Å². The molecule has 0 saturated carbocycles. The average molecular weight is 432 g/mol. The van der Waals surface area contributed by atoms with Crippen LogP contribution >= 0.6 is 11.8 Å².